The minimum Gasteiger partial charge on any atom is -0.444 e. The third kappa shape index (κ3) is 5.58. The number of ether oxygens (including phenoxy) is 1. The molecule has 0 N–H and O–H groups in total. The molecule has 33 heavy (non-hydrogen) atoms. The Balaban J connectivity index is 1.55. The van der Waals surface area contributed by atoms with E-state index in [2.05, 4.69) is 57.9 Å². The summed E-state index contributed by atoms with van der Waals surface area (Å²) in [7, 11) is 0. The van der Waals surface area contributed by atoms with Crippen LogP contribution in [0.1, 0.15) is 51.4 Å². The van der Waals surface area contributed by atoms with Gasteiger partial charge in [-0.05, 0) is 51.8 Å². The number of hydrogen-bond donors (Lipinski definition) is 0. The van der Waals surface area contributed by atoms with E-state index in [0.717, 1.165) is 43.1 Å². The van der Waals surface area contributed by atoms with E-state index >= 15 is 0 Å². The normalized spacial score (nSPS) is 21.6. The molecular formula is C25H34ClN5O2. The van der Waals surface area contributed by atoms with Crippen molar-refractivity contribution in [2.24, 2.45) is 0 Å². The number of benzene rings is 1. The molecule has 1 aromatic carbocycles. The first-order chi connectivity index (χ1) is 15.6. The van der Waals surface area contributed by atoms with Crippen molar-refractivity contribution in [3.63, 3.8) is 0 Å². The Hall–Kier alpha value is -2.38. The molecule has 1 saturated heterocycles. The number of fused-ring (bicyclic) bond motifs is 1. The van der Waals surface area contributed by atoms with Crippen LogP contribution >= 0.6 is 11.6 Å². The average molecular weight is 472 g/mol. The van der Waals surface area contributed by atoms with Crippen molar-refractivity contribution in [3.05, 3.63) is 52.4 Å². The van der Waals surface area contributed by atoms with Crippen LogP contribution in [-0.2, 0) is 24.2 Å². The third-order valence-corrected chi connectivity index (χ3v) is 6.39. The molecule has 2 atom stereocenters. The molecule has 2 aromatic rings. The quantitative estimate of drug-likeness (QED) is 0.613. The minimum absolute atomic E-state index is 0.00977. The SMILES string of the molecule is C[C@@H]1CN(C(=O)OC(C)(C)C)[C@@H](C)CN1c1nc(Cl)nc2c1CN(Cc1ccccc1)CC2. The fourth-order valence-corrected chi connectivity index (χ4v) is 4.82. The first-order valence-electron chi connectivity index (χ1n) is 11.7. The first-order valence-corrected chi connectivity index (χ1v) is 12.1. The Morgan fingerprint density at radius 3 is 2.55 bits per heavy atom. The Morgan fingerprint density at radius 2 is 1.85 bits per heavy atom. The highest BCUT2D eigenvalue weighted by Crippen LogP contribution is 2.32. The summed E-state index contributed by atoms with van der Waals surface area (Å²) >= 11 is 6.36. The molecule has 8 heteroatoms. The van der Waals surface area contributed by atoms with E-state index in [1.165, 1.54) is 5.56 Å². The third-order valence-electron chi connectivity index (χ3n) is 6.23. The zero-order valence-electron chi connectivity index (χ0n) is 20.2. The molecule has 0 radical (unpaired) electrons. The van der Waals surface area contributed by atoms with Gasteiger partial charge in [0.25, 0.3) is 0 Å². The summed E-state index contributed by atoms with van der Waals surface area (Å²) in [6.07, 6.45) is 0.581. The number of nitrogens with zero attached hydrogens (tertiary/aromatic N) is 5. The van der Waals surface area contributed by atoms with Crippen LogP contribution in [0.25, 0.3) is 0 Å². The number of hydrogen-bond acceptors (Lipinski definition) is 6. The summed E-state index contributed by atoms with van der Waals surface area (Å²) < 4.78 is 5.63. The maximum absolute atomic E-state index is 12.7. The Kier molecular flexibility index (Phi) is 6.82. The maximum atomic E-state index is 12.7. The second-order valence-corrected chi connectivity index (χ2v) is 10.5. The van der Waals surface area contributed by atoms with Gasteiger partial charge in [0.15, 0.2) is 0 Å². The first kappa shape index (κ1) is 23.8. The fraction of sp³-hybridized carbons (Fsp3) is 0.560. The van der Waals surface area contributed by atoms with Gasteiger partial charge < -0.3 is 14.5 Å². The van der Waals surface area contributed by atoms with Crippen molar-refractivity contribution < 1.29 is 9.53 Å². The van der Waals surface area contributed by atoms with Gasteiger partial charge in [0.2, 0.25) is 5.28 Å². The van der Waals surface area contributed by atoms with E-state index < -0.39 is 5.60 Å². The topological polar surface area (TPSA) is 61.8 Å². The molecule has 0 spiro atoms. The number of amides is 1. The minimum atomic E-state index is -0.515. The predicted molar refractivity (Wildman–Crippen MR) is 131 cm³/mol. The molecule has 4 rings (SSSR count). The zero-order valence-corrected chi connectivity index (χ0v) is 21.0. The Bertz CT molecular complexity index is 994. The van der Waals surface area contributed by atoms with Crippen LogP contribution < -0.4 is 4.90 Å². The van der Waals surface area contributed by atoms with Crippen molar-refractivity contribution in [1.29, 1.82) is 0 Å². The van der Waals surface area contributed by atoms with E-state index in [1.54, 1.807) is 0 Å². The summed E-state index contributed by atoms with van der Waals surface area (Å²) in [6, 6.07) is 10.6. The van der Waals surface area contributed by atoms with Gasteiger partial charge in [0.05, 0.1) is 5.69 Å². The number of carbonyl (C=O) groups excluding carboxylic acids is 1. The summed E-state index contributed by atoms with van der Waals surface area (Å²) in [4.78, 5) is 28.5. The highest BCUT2D eigenvalue weighted by atomic mass is 35.5. The van der Waals surface area contributed by atoms with E-state index in [1.807, 2.05) is 31.7 Å². The summed E-state index contributed by atoms with van der Waals surface area (Å²) in [6.45, 7) is 13.7. The summed E-state index contributed by atoms with van der Waals surface area (Å²) in [5.41, 5.74) is 2.96. The van der Waals surface area contributed by atoms with Gasteiger partial charge in [-0.2, -0.15) is 0 Å². The van der Waals surface area contributed by atoms with Crippen LogP contribution in [-0.4, -0.2) is 63.2 Å². The molecular weight excluding hydrogens is 438 g/mol. The van der Waals surface area contributed by atoms with Crippen molar-refractivity contribution in [1.82, 2.24) is 19.8 Å². The van der Waals surface area contributed by atoms with Crippen molar-refractivity contribution in [2.45, 2.75) is 71.8 Å². The van der Waals surface area contributed by atoms with Crippen LogP contribution in [0.2, 0.25) is 5.28 Å². The molecule has 178 valence electrons. The average Bonchev–Trinajstić information content (AvgIpc) is 2.74. The lowest BCUT2D eigenvalue weighted by atomic mass is 10.0. The zero-order chi connectivity index (χ0) is 23.8. The van der Waals surface area contributed by atoms with Crippen LogP contribution in [0.4, 0.5) is 10.6 Å². The lowest BCUT2D eigenvalue weighted by molar-refractivity contribution is 0.0129. The highest BCUT2D eigenvalue weighted by molar-refractivity contribution is 6.28. The molecule has 0 saturated carbocycles. The van der Waals surface area contributed by atoms with Crippen LogP contribution in [0.5, 0.6) is 0 Å². The molecule has 2 aliphatic heterocycles. The van der Waals surface area contributed by atoms with E-state index in [0.29, 0.717) is 13.1 Å². The highest BCUT2D eigenvalue weighted by Gasteiger charge is 2.37. The van der Waals surface area contributed by atoms with Gasteiger partial charge in [-0.15, -0.1) is 0 Å². The number of piperazine rings is 1. The van der Waals surface area contributed by atoms with E-state index in [-0.39, 0.29) is 23.5 Å². The van der Waals surface area contributed by atoms with Gasteiger partial charge in [-0.25, -0.2) is 14.8 Å². The number of rotatable bonds is 3. The molecule has 0 aliphatic carbocycles. The van der Waals surface area contributed by atoms with Gasteiger partial charge in [-0.1, -0.05) is 30.3 Å². The number of halogens is 1. The Labute approximate surface area is 201 Å². The van der Waals surface area contributed by atoms with Gasteiger partial charge in [0, 0.05) is 56.8 Å². The Morgan fingerprint density at radius 1 is 1.12 bits per heavy atom. The second kappa shape index (κ2) is 9.47. The van der Waals surface area contributed by atoms with E-state index in [4.69, 9.17) is 16.3 Å². The van der Waals surface area contributed by atoms with Crippen molar-refractivity contribution in [3.8, 4) is 0 Å². The fourth-order valence-electron chi connectivity index (χ4n) is 4.63. The molecule has 0 unspecified atom stereocenters. The second-order valence-electron chi connectivity index (χ2n) is 10.2. The molecule has 2 aliphatic rings. The molecule has 0 bridgehead atoms. The van der Waals surface area contributed by atoms with Crippen molar-refractivity contribution in [2.75, 3.05) is 24.5 Å². The monoisotopic (exact) mass is 471 g/mol. The number of anilines is 1. The van der Waals surface area contributed by atoms with Gasteiger partial charge in [-0.3, -0.25) is 4.90 Å². The molecule has 7 nitrogen and oxygen atoms in total. The smallest absolute Gasteiger partial charge is 0.410 e. The van der Waals surface area contributed by atoms with Gasteiger partial charge in [0.1, 0.15) is 11.4 Å². The van der Waals surface area contributed by atoms with Crippen LogP contribution in [0.15, 0.2) is 30.3 Å². The molecule has 1 amide bonds. The molecule has 3 heterocycles. The number of carbonyl (C=O) groups is 1. The lowest BCUT2D eigenvalue weighted by Crippen LogP contribution is -2.59. The predicted octanol–water partition coefficient (Wildman–Crippen LogP) is 4.52. The summed E-state index contributed by atoms with van der Waals surface area (Å²) in [5, 5.41) is 0.287. The largest absolute Gasteiger partial charge is 0.444 e. The van der Waals surface area contributed by atoms with Gasteiger partial charge >= 0.3 is 6.09 Å². The van der Waals surface area contributed by atoms with Crippen LogP contribution in [0.3, 0.4) is 0 Å². The maximum Gasteiger partial charge on any atom is 0.410 e. The molecule has 1 fully saturated rings. The van der Waals surface area contributed by atoms with E-state index in [9.17, 15) is 4.79 Å². The lowest BCUT2D eigenvalue weighted by Gasteiger charge is -2.45. The van der Waals surface area contributed by atoms with Crippen molar-refractivity contribution >= 4 is 23.5 Å². The number of aromatic nitrogens is 2. The van der Waals surface area contributed by atoms with Crippen LogP contribution in [0, 0.1) is 0 Å². The standard InChI is InChI=1S/C25H34ClN5O2/c1-17-14-31(24(32)33-25(3,4)5)18(2)13-30(17)22-20-16-29(15-19-9-7-6-8-10-19)12-11-21(20)27-23(26)28-22/h6-10,17-18H,11-16H2,1-5H3/t17-,18+/m1/s1. The molecule has 1 aromatic heterocycles. The summed E-state index contributed by atoms with van der Waals surface area (Å²) in [5.74, 6) is 0.894.